The summed E-state index contributed by atoms with van der Waals surface area (Å²) in [6.45, 7) is 9.33. The lowest BCUT2D eigenvalue weighted by molar-refractivity contribution is -0.193. The van der Waals surface area contributed by atoms with E-state index >= 15 is 0 Å². The summed E-state index contributed by atoms with van der Waals surface area (Å²) >= 11 is 0. The van der Waals surface area contributed by atoms with Gasteiger partial charge in [-0.2, -0.15) is 26.3 Å². The van der Waals surface area contributed by atoms with Crippen molar-refractivity contribution in [1.29, 1.82) is 0 Å². The number of carbonyl (C=O) groups excluding carboxylic acids is 1. The lowest BCUT2D eigenvalue weighted by Crippen LogP contribution is -2.48. The number of hydrogen-bond acceptors (Lipinski definition) is 5. The first-order chi connectivity index (χ1) is 23.5. The number of hydrogen-bond donors (Lipinski definition) is 2. The average Bonchev–Trinajstić information content (AvgIpc) is 3.43. The molecule has 0 bridgehead atoms. The van der Waals surface area contributed by atoms with E-state index < -0.39 is 24.3 Å². The molecule has 1 fully saturated rings. The first-order valence-corrected chi connectivity index (χ1v) is 15.7. The highest BCUT2D eigenvalue weighted by Crippen LogP contribution is 2.22. The Balaban J connectivity index is 0.000000408. The van der Waals surface area contributed by atoms with Crippen LogP contribution >= 0.6 is 0 Å². The quantitative estimate of drug-likeness (QED) is 0.190. The van der Waals surface area contributed by atoms with Gasteiger partial charge in [0.25, 0.3) is 5.91 Å². The molecule has 1 aliphatic rings. The molecule has 0 spiro atoms. The maximum atomic E-state index is 13.4. The van der Waals surface area contributed by atoms with Crippen LogP contribution in [0.15, 0.2) is 72.9 Å². The van der Waals surface area contributed by atoms with E-state index in [9.17, 15) is 31.1 Å². The molecule has 0 saturated carbocycles. The number of carboxylic acids is 2. The Bertz CT molecular complexity index is 1720. The highest BCUT2D eigenvalue weighted by Gasteiger charge is 2.39. The number of benzene rings is 3. The first-order valence-electron chi connectivity index (χ1n) is 15.7. The third kappa shape index (κ3) is 11.6. The van der Waals surface area contributed by atoms with Gasteiger partial charge in [-0.25, -0.2) is 14.6 Å². The van der Waals surface area contributed by atoms with Crippen molar-refractivity contribution in [3.8, 4) is 0 Å². The molecule has 0 unspecified atom stereocenters. The van der Waals surface area contributed by atoms with Crippen LogP contribution in [0.3, 0.4) is 0 Å². The minimum absolute atomic E-state index is 0.137. The van der Waals surface area contributed by atoms with Crippen molar-refractivity contribution in [2.75, 3.05) is 26.2 Å². The predicted octanol–water partition coefficient (Wildman–Crippen LogP) is 6.96. The number of unbranched alkanes of at least 4 members (excludes halogenated alkanes) is 1. The molecule has 1 amide bonds. The Morgan fingerprint density at radius 1 is 0.800 bits per heavy atom. The van der Waals surface area contributed by atoms with Crippen LogP contribution in [0.4, 0.5) is 26.3 Å². The fraction of sp³-hybridized carbons (Fsp3) is 0.371. The van der Waals surface area contributed by atoms with Crippen molar-refractivity contribution in [2.24, 2.45) is 0 Å². The Kier molecular flexibility index (Phi) is 14.0. The van der Waals surface area contributed by atoms with Crippen molar-refractivity contribution >= 4 is 28.6 Å². The normalized spacial score (nSPS) is 13.6. The number of carboxylic acid groups (broad SMARTS) is 2. The minimum atomic E-state index is -5.08. The van der Waals surface area contributed by atoms with Gasteiger partial charge >= 0.3 is 24.3 Å². The van der Waals surface area contributed by atoms with Crippen LogP contribution < -0.4 is 0 Å². The van der Waals surface area contributed by atoms with Crippen LogP contribution in [0.2, 0.25) is 0 Å². The molecule has 0 aliphatic carbocycles. The van der Waals surface area contributed by atoms with E-state index in [2.05, 4.69) is 65.9 Å². The van der Waals surface area contributed by atoms with Crippen molar-refractivity contribution in [1.82, 2.24) is 19.4 Å². The Hall–Kier alpha value is -4.92. The molecule has 2 N–H and O–H groups in total. The number of imidazole rings is 1. The van der Waals surface area contributed by atoms with Gasteiger partial charge in [-0.15, -0.1) is 0 Å². The topological polar surface area (TPSA) is 116 Å². The SMILES string of the molecule is CCCCc1ncc(CN2CCN(C(=O)c3cccc4ccccc34)CC2)n1Cc1cccc(C)c1.O=C(O)C(F)(F)F.O=C(O)C(F)(F)F. The highest BCUT2D eigenvalue weighted by molar-refractivity contribution is 6.07. The summed E-state index contributed by atoms with van der Waals surface area (Å²) in [4.78, 5) is 40.4. The maximum absolute atomic E-state index is 13.4. The van der Waals surface area contributed by atoms with E-state index in [4.69, 9.17) is 24.8 Å². The van der Waals surface area contributed by atoms with Gasteiger partial charge in [-0.1, -0.05) is 79.6 Å². The van der Waals surface area contributed by atoms with E-state index in [0.717, 1.165) is 68.4 Å². The van der Waals surface area contributed by atoms with E-state index in [1.54, 1.807) is 0 Å². The number of nitrogens with zero attached hydrogens (tertiary/aromatic N) is 4. The number of fused-ring (bicyclic) bond motifs is 1. The standard InChI is InChI=1S/C31H36N4O.2C2HF3O2/c1-3-4-15-30-32-21-27(35(30)22-25-10-7-9-24(2)20-25)23-33-16-18-34(19-17-33)31(36)29-14-8-12-26-11-5-6-13-28(26)29;2*3-2(4,5)1(6)7/h5-14,20-21H,3-4,15-19,22-23H2,1-2H3;2*(H,6,7). The fourth-order valence-electron chi connectivity index (χ4n) is 5.22. The first kappa shape index (κ1) is 39.5. The van der Waals surface area contributed by atoms with Crippen LogP contribution in [0.5, 0.6) is 0 Å². The molecule has 4 aromatic rings. The second-order valence-electron chi connectivity index (χ2n) is 11.5. The number of alkyl halides is 6. The van der Waals surface area contributed by atoms with Crippen molar-refractivity contribution in [3.05, 3.63) is 101 Å². The zero-order valence-corrected chi connectivity index (χ0v) is 27.5. The zero-order chi connectivity index (χ0) is 37.1. The number of halogens is 6. The van der Waals surface area contributed by atoms with E-state index in [-0.39, 0.29) is 5.91 Å². The molecule has 1 aromatic heterocycles. The molecule has 0 atom stereocenters. The monoisotopic (exact) mass is 708 g/mol. The molecule has 9 nitrogen and oxygen atoms in total. The second-order valence-corrected chi connectivity index (χ2v) is 11.5. The Morgan fingerprint density at radius 2 is 1.38 bits per heavy atom. The highest BCUT2D eigenvalue weighted by atomic mass is 19.4. The van der Waals surface area contributed by atoms with Crippen molar-refractivity contribution in [2.45, 2.75) is 58.6 Å². The molecule has 2 heterocycles. The summed E-state index contributed by atoms with van der Waals surface area (Å²) in [6, 6.07) is 22.9. The van der Waals surface area contributed by atoms with E-state index in [1.807, 2.05) is 35.2 Å². The smallest absolute Gasteiger partial charge is 0.475 e. The van der Waals surface area contributed by atoms with Crippen molar-refractivity contribution < 1.29 is 50.9 Å². The van der Waals surface area contributed by atoms with Gasteiger partial charge in [0.1, 0.15) is 5.82 Å². The lowest BCUT2D eigenvalue weighted by atomic mass is 10.0. The third-order valence-corrected chi connectivity index (χ3v) is 7.75. The van der Waals surface area contributed by atoms with Crippen LogP contribution in [-0.2, 0) is 29.1 Å². The number of carbonyl (C=O) groups is 3. The number of rotatable bonds is 8. The predicted molar refractivity (Wildman–Crippen MR) is 174 cm³/mol. The molecule has 1 aliphatic heterocycles. The van der Waals surface area contributed by atoms with Crippen LogP contribution in [0, 0.1) is 6.92 Å². The summed E-state index contributed by atoms with van der Waals surface area (Å²) < 4.78 is 65.9. The summed E-state index contributed by atoms with van der Waals surface area (Å²) in [5, 5.41) is 16.4. The number of aromatic nitrogens is 2. The number of piperazine rings is 1. The number of amides is 1. The van der Waals surface area contributed by atoms with Gasteiger partial charge in [-0.05, 0) is 35.7 Å². The van der Waals surface area contributed by atoms with Crippen LogP contribution in [0.25, 0.3) is 10.8 Å². The molecular formula is C35H38F6N4O5. The third-order valence-electron chi connectivity index (χ3n) is 7.75. The molecule has 0 radical (unpaired) electrons. The molecule has 5 rings (SSSR count). The number of aryl methyl sites for hydroxylation is 2. The molecule has 15 heteroatoms. The summed E-state index contributed by atoms with van der Waals surface area (Å²) in [6.07, 6.45) is -4.78. The fourth-order valence-corrected chi connectivity index (χ4v) is 5.22. The van der Waals surface area contributed by atoms with Gasteiger partial charge in [0.2, 0.25) is 0 Å². The molecule has 270 valence electrons. The molecule has 3 aromatic carbocycles. The Labute approximate surface area is 284 Å². The molecule has 1 saturated heterocycles. The zero-order valence-electron chi connectivity index (χ0n) is 27.5. The van der Waals surface area contributed by atoms with E-state index in [0.29, 0.717) is 0 Å². The number of aliphatic carboxylic acids is 2. The second kappa shape index (κ2) is 17.7. The van der Waals surface area contributed by atoms with Gasteiger partial charge in [0.15, 0.2) is 0 Å². The summed E-state index contributed by atoms with van der Waals surface area (Å²) in [5.41, 5.74) is 4.67. The average molecular weight is 709 g/mol. The maximum Gasteiger partial charge on any atom is 0.490 e. The molecule has 50 heavy (non-hydrogen) atoms. The van der Waals surface area contributed by atoms with Gasteiger partial charge in [0.05, 0.1) is 5.69 Å². The van der Waals surface area contributed by atoms with E-state index in [1.165, 1.54) is 29.1 Å². The van der Waals surface area contributed by atoms with Gasteiger partial charge in [-0.3, -0.25) is 9.69 Å². The van der Waals surface area contributed by atoms with Crippen molar-refractivity contribution in [3.63, 3.8) is 0 Å². The summed E-state index contributed by atoms with van der Waals surface area (Å²) in [5.74, 6) is -4.20. The van der Waals surface area contributed by atoms with Gasteiger partial charge < -0.3 is 19.7 Å². The Morgan fingerprint density at radius 3 is 1.96 bits per heavy atom. The lowest BCUT2D eigenvalue weighted by Gasteiger charge is -2.35. The minimum Gasteiger partial charge on any atom is -0.475 e. The van der Waals surface area contributed by atoms with Gasteiger partial charge in [0, 0.05) is 57.4 Å². The largest absolute Gasteiger partial charge is 0.490 e. The van der Waals surface area contributed by atoms with Crippen LogP contribution in [0.1, 0.15) is 52.8 Å². The van der Waals surface area contributed by atoms with Crippen LogP contribution in [-0.4, -0.2) is 85.9 Å². The summed E-state index contributed by atoms with van der Waals surface area (Å²) in [7, 11) is 0. The molecular weight excluding hydrogens is 670 g/mol.